The molecule has 6 heteroatoms. The Balaban J connectivity index is 0.000000486. The summed E-state index contributed by atoms with van der Waals surface area (Å²) in [4.78, 5) is 18.3. The SMILES string of the molecule is C=C(C)C(=O)O.[Eu].[Sm].c1cnc2c(c1)ccc1ncccc12. The van der Waals surface area contributed by atoms with Gasteiger partial charge in [0, 0.05) is 119 Å². The molecule has 0 atom stereocenters. The molecule has 0 aliphatic rings. The summed E-state index contributed by atoms with van der Waals surface area (Å²) >= 11 is 0. The Morgan fingerprint density at radius 3 is 2.32 bits per heavy atom. The molecule has 113 valence electrons. The molecule has 0 fully saturated rings. The van der Waals surface area contributed by atoms with Gasteiger partial charge in [0.05, 0.1) is 11.0 Å². The number of hydrogen-bond donors (Lipinski definition) is 1. The number of hydrogen-bond acceptors (Lipinski definition) is 3. The number of pyridine rings is 2. The third-order valence-electron chi connectivity index (χ3n) is 2.72. The maximum absolute atomic E-state index is 9.60. The van der Waals surface area contributed by atoms with E-state index in [9.17, 15) is 4.79 Å². The van der Waals surface area contributed by atoms with Crippen LogP contribution < -0.4 is 0 Å². The van der Waals surface area contributed by atoms with Crippen LogP contribution in [0, 0.1) is 89.8 Å². The Morgan fingerprint density at radius 2 is 1.68 bits per heavy atom. The molecule has 0 amide bonds. The minimum Gasteiger partial charge on any atom is -0.478 e. The summed E-state index contributed by atoms with van der Waals surface area (Å²) in [6.45, 7) is 4.60. The van der Waals surface area contributed by atoms with Gasteiger partial charge in [-0.25, -0.2) is 4.79 Å². The van der Waals surface area contributed by atoms with Gasteiger partial charge in [-0.2, -0.15) is 0 Å². The van der Waals surface area contributed by atoms with Crippen molar-refractivity contribution in [1.82, 2.24) is 9.97 Å². The van der Waals surface area contributed by atoms with E-state index in [1.54, 1.807) is 6.20 Å². The van der Waals surface area contributed by atoms with Crippen molar-refractivity contribution in [2.45, 2.75) is 6.92 Å². The second kappa shape index (κ2) is 10.9. The molecular formula is C16H14EuN2O2Sm. The van der Waals surface area contributed by atoms with Crippen molar-refractivity contribution in [1.29, 1.82) is 0 Å². The summed E-state index contributed by atoms with van der Waals surface area (Å²) < 4.78 is 0. The zero-order valence-electron chi connectivity index (χ0n) is 11.9. The van der Waals surface area contributed by atoms with Crippen LogP contribution in [0.25, 0.3) is 21.8 Å². The molecule has 0 saturated heterocycles. The standard InChI is InChI=1S/C12H8N2.C4H6O2.Eu.Sm/c1-3-9-5-6-11-10(4-2-7-13-11)12(9)14-8-1;1-3(2)4(5)6;;/h1-8H;1H2,2H3,(H,5,6);;. The Kier molecular flexibility index (Phi) is 10.9. The summed E-state index contributed by atoms with van der Waals surface area (Å²) in [6.07, 6.45) is 3.62. The minimum absolute atomic E-state index is 0. The van der Waals surface area contributed by atoms with Crippen LogP contribution in [-0.2, 0) is 4.79 Å². The first kappa shape index (κ1) is 22.2. The molecule has 2 aromatic heterocycles. The van der Waals surface area contributed by atoms with E-state index in [-0.39, 0.29) is 95.3 Å². The summed E-state index contributed by atoms with van der Waals surface area (Å²) in [5.74, 6) is -0.935. The molecule has 22 heavy (non-hydrogen) atoms. The monoisotopic (exact) mass is 571 g/mol. The summed E-state index contributed by atoms with van der Waals surface area (Å²) in [5.41, 5.74) is 2.20. The summed E-state index contributed by atoms with van der Waals surface area (Å²) in [5, 5.41) is 10.2. The van der Waals surface area contributed by atoms with Crippen molar-refractivity contribution in [2.24, 2.45) is 0 Å². The molecule has 0 spiro atoms. The van der Waals surface area contributed by atoms with Crippen molar-refractivity contribution in [3.05, 3.63) is 60.9 Å². The van der Waals surface area contributed by atoms with Crippen molar-refractivity contribution in [2.75, 3.05) is 0 Å². The number of carbonyl (C=O) groups is 1. The predicted octanol–water partition coefficient (Wildman–Crippen LogP) is 3.43. The van der Waals surface area contributed by atoms with Gasteiger partial charge in [-0.1, -0.05) is 18.7 Å². The molecule has 3 rings (SSSR count). The van der Waals surface area contributed by atoms with Gasteiger partial charge in [0.15, 0.2) is 0 Å². The van der Waals surface area contributed by atoms with Gasteiger partial charge in [-0.15, -0.1) is 0 Å². The Morgan fingerprint density at radius 1 is 1.09 bits per heavy atom. The van der Waals surface area contributed by atoms with Gasteiger partial charge in [-0.05, 0) is 31.2 Å². The molecule has 4 nitrogen and oxygen atoms in total. The third kappa shape index (κ3) is 5.99. The Bertz CT molecular complexity index is 726. The quantitative estimate of drug-likeness (QED) is 0.361. The zero-order chi connectivity index (χ0) is 14.5. The minimum atomic E-state index is -0.935. The fourth-order valence-electron chi connectivity index (χ4n) is 1.70. The van der Waals surface area contributed by atoms with Crippen molar-refractivity contribution in [3.63, 3.8) is 0 Å². The topological polar surface area (TPSA) is 63.1 Å². The Hall–Kier alpha value is 0.172. The molecule has 0 unspecified atom stereocenters. The molecule has 0 aliphatic heterocycles. The van der Waals surface area contributed by atoms with Gasteiger partial charge in [0.1, 0.15) is 0 Å². The number of nitrogens with zero attached hydrogens (tertiary/aromatic N) is 2. The van der Waals surface area contributed by atoms with Gasteiger partial charge in [-0.3, -0.25) is 9.97 Å². The molecule has 3 aromatic rings. The molecular weight excluding hydrogens is 555 g/mol. The van der Waals surface area contributed by atoms with Crippen molar-refractivity contribution in [3.8, 4) is 0 Å². The number of benzene rings is 1. The number of carboxylic acid groups (broad SMARTS) is 1. The van der Waals surface area contributed by atoms with Gasteiger partial charge >= 0.3 is 5.97 Å². The largest absolute Gasteiger partial charge is 0.478 e. The van der Waals surface area contributed by atoms with E-state index < -0.39 is 5.97 Å². The summed E-state index contributed by atoms with van der Waals surface area (Å²) in [7, 11) is 0. The number of aliphatic carboxylic acids is 1. The first-order valence-electron chi connectivity index (χ1n) is 6.07. The maximum atomic E-state index is 9.60. The van der Waals surface area contributed by atoms with E-state index in [2.05, 4.69) is 34.7 Å². The normalized spacial score (nSPS) is 8.95. The number of aromatic nitrogens is 2. The van der Waals surface area contributed by atoms with Crippen LogP contribution in [0.5, 0.6) is 0 Å². The number of rotatable bonds is 1. The van der Waals surface area contributed by atoms with Gasteiger partial charge < -0.3 is 5.11 Å². The average molecular weight is 569 g/mol. The van der Waals surface area contributed by atoms with Crippen molar-refractivity contribution < 1.29 is 99.7 Å². The van der Waals surface area contributed by atoms with E-state index >= 15 is 0 Å². The van der Waals surface area contributed by atoms with Crippen molar-refractivity contribution >= 4 is 27.8 Å². The fourth-order valence-corrected chi connectivity index (χ4v) is 1.70. The third-order valence-corrected chi connectivity index (χ3v) is 2.72. The summed E-state index contributed by atoms with van der Waals surface area (Å²) in [6, 6.07) is 12.1. The molecule has 2 heterocycles. The van der Waals surface area contributed by atoms with E-state index in [1.807, 2.05) is 24.4 Å². The van der Waals surface area contributed by atoms with Crippen LogP contribution in [0.15, 0.2) is 60.9 Å². The second-order valence-corrected chi connectivity index (χ2v) is 4.30. The van der Waals surface area contributed by atoms with Crippen LogP contribution in [-0.4, -0.2) is 21.0 Å². The van der Waals surface area contributed by atoms with E-state index in [1.165, 1.54) is 6.92 Å². The molecule has 1 aromatic carbocycles. The number of fused-ring (bicyclic) bond motifs is 3. The van der Waals surface area contributed by atoms with Crippen LogP contribution in [0.4, 0.5) is 0 Å². The smallest absolute Gasteiger partial charge is 0.330 e. The molecule has 0 saturated carbocycles. The molecule has 0 aliphatic carbocycles. The average Bonchev–Trinajstić information content (AvgIpc) is 2.47. The first-order valence-corrected chi connectivity index (χ1v) is 6.07. The van der Waals surface area contributed by atoms with Crippen LogP contribution >= 0.6 is 0 Å². The van der Waals surface area contributed by atoms with E-state index in [4.69, 9.17) is 5.11 Å². The molecule has 0 bridgehead atoms. The zero-order valence-corrected chi connectivity index (χ0v) is 16.9. The van der Waals surface area contributed by atoms with Gasteiger partial charge in [0.2, 0.25) is 0 Å². The Labute approximate surface area is 202 Å². The molecule has 1 N–H and O–H groups in total. The number of carboxylic acids is 1. The predicted molar refractivity (Wildman–Crippen MR) is 79.5 cm³/mol. The maximum Gasteiger partial charge on any atom is 0.330 e. The van der Waals surface area contributed by atoms with Crippen LogP contribution in [0.3, 0.4) is 0 Å². The van der Waals surface area contributed by atoms with Crippen LogP contribution in [0.2, 0.25) is 0 Å². The first-order chi connectivity index (χ1) is 9.59. The van der Waals surface area contributed by atoms with E-state index in [0.717, 1.165) is 21.8 Å². The molecule has 1 radical (unpaired) electrons. The van der Waals surface area contributed by atoms with E-state index in [0.29, 0.717) is 0 Å². The van der Waals surface area contributed by atoms with Gasteiger partial charge in [0.25, 0.3) is 0 Å². The second-order valence-electron chi connectivity index (χ2n) is 4.30. The van der Waals surface area contributed by atoms with Crippen LogP contribution in [0.1, 0.15) is 6.92 Å². The fraction of sp³-hybridized carbons (Fsp3) is 0.0625.